The Morgan fingerprint density at radius 3 is 2.62 bits per heavy atom. The number of nitrogens with zero attached hydrogens (tertiary/aromatic N) is 1. The van der Waals surface area contributed by atoms with Gasteiger partial charge in [0.25, 0.3) is 11.1 Å². The molecule has 1 saturated heterocycles. The lowest BCUT2D eigenvalue weighted by Crippen LogP contribution is -2.29. The molecule has 2 heterocycles. The Kier molecular flexibility index (Phi) is 5.63. The Hall–Kier alpha value is -2.32. The molecule has 2 amide bonds. The molecule has 0 unspecified atom stereocenters. The van der Waals surface area contributed by atoms with E-state index in [4.69, 9.17) is 9.52 Å². The van der Waals surface area contributed by atoms with E-state index >= 15 is 0 Å². The third-order valence-electron chi connectivity index (χ3n) is 3.67. The van der Waals surface area contributed by atoms with Gasteiger partial charge >= 0.3 is 5.97 Å². The fourth-order valence-corrected chi connectivity index (χ4v) is 3.52. The summed E-state index contributed by atoms with van der Waals surface area (Å²) in [6.07, 6.45) is 1.68. The Bertz CT molecular complexity index is 887. The topological polar surface area (TPSA) is 87.8 Å². The average molecular weight is 436 g/mol. The largest absolute Gasteiger partial charge is 0.481 e. The van der Waals surface area contributed by atoms with Crippen molar-refractivity contribution in [3.8, 4) is 11.3 Å². The Morgan fingerprint density at radius 1 is 1.19 bits per heavy atom. The van der Waals surface area contributed by atoms with Crippen molar-refractivity contribution in [2.75, 3.05) is 6.54 Å². The number of aliphatic carboxylic acids is 1. The van der Waals surface area contributed by atoms with Crippen molar-refractivity contribution in [1.82, 2.24) is 4.90 Å². The van der Waals surface area contributed by atoms with Crippen molar-refractivity contribution < 1.29 is 23.9 Å². The highest BCUT2D eigenvalue weighted by atomic mass is 79.9. The molecule has 1 aliphatic rings. The van der Waals surface area contributed by atoms with E-state index in [2.05, 4.69) is 15.9 Å². The maximum absolute atomic E-state index is 12.3. The summed E-state index contributed by atoms with van der Waals surface area (Å²) in [6.45, 7) is 0.0939. The summed E-state index contributed by atoms with van der Waals surface area (Å²) >= 11 is 4.20. The zero-order valence-corrected chi connectivity index (χ0v) is 15.9. The van der Waals surface area contributed by atoms with Crippen molar-refractivity contribution in [3.63, 3.8) is 0 Å². The van der Waals surface area contributed by atoms with Crippen LogP contribution in [0.15, 0.2) is 50.2 Å². The second kappa shape index (κ2) is 7.92. The van der Waals surface area contributed by atoms with Crippen LogP contribution in [0, 0.1) is 0 Å². The molecule has 2 aromatic rings. The Labute approximate surface area is 162 Å². The molecule has 0 spiro atoms. The third-order valence-corrected chi connectivity index (χ3v) is 5.11. The van der Waals surface area contributed by atoms with Gasteiger partial charge in [0.2, 0.25) is 0 Å². The first-order chi connectivity index (χ1) is 12.4. The summed E-state index contributed by atoms with van der Waals surface area (Å²) in [6, 6.07) is 11.1. The lowest BCUT2D eigenvalue weighted by atomic mass is 10.2. The van der Waals surface area contributed by atoms with E-state index in [1.807, 2.05) is 24.3 Å². The monoisotopic (exact) mass is 435 g/mol. The summed E-state index contributed by atoms with van der Waals surface area (Å²) in [5, 5.41) is 8.26. The predicted octanol–water partition coefficient (Wildman–Crippen LogP) is 4.61. The molecule has 26 heavy (non-hydrogen) atoms. The molecule has 0 aliphatic carbocycles. The number of carbonyl (C=O) groups excluding carboxylic acids is 2. The van der Waals surface area contributed by atoms with Gasteiger partial charge in [0.1, 0.15) is 11.5 Å². The molecule has 8 heteroatoms. The number of halogens is 1. The van der Waals surface area contributed by atoms with E-state index in [1.165, 1.54) is 6.08 Å². The first kappa shape index (κ1) is 18.5. The van der Waals surface area contributed by atoms with Gasteiger partial charge in [-0.1, -0.05) is 28.1 Å². The highest BCUT2D eigenvalue weighted by Gasteiger charge is 2.34. The normalized spacial score (nSPS) is 15.9. The van der Waals surface area contributed by atoms with Crippen LogP contribution in [-0.4, -0.2) is 33.7 Å². The van der Waals surface area contributed by atoms with Crippen LogP contribution in [0.5, 0.6) is 0 Å². The van der Waals surface area contributed by atoms with Gasteiger partial charge in [-0.15, -0.1) is 0 Å². The molecule has 1 aromatic carbocycles. The van der Waals surface area contributed by atoms with Gasteiger partial charge in [0, 0.05) is 29.1 Å². The second-order valence-electron chi connectivity index (χ2n) is 5.54. The van der Waals surface area contributed by atoms with Gasteiger partial charge < -0.3 is 9.52 Å². The van der Waals surface area contributed by atoms with Crippen molar-refractivity contribution in [3.05, 3.63) is 51.5 Å². The lowest BCUT2D eigenvalue weighted by Gasteiger charge is -2.10. The quantitative estimate of drug-likeness (QED) is 0.666. The summed E-state index contributed by atoms with van der Waals surface area (Å²) in [4.78, 5) is 36.2. The molecular formula is C18H14BrNO5S. The smallest absolute Gasteiger partial charge is 0.303 e. The molecule has 0 bridgehead atoms. The van der Waals surface area contributed by atoms with Crippen molar-refractivity contribution in [2.24, 2.45) is 0 Å². The van der Waals surface area contributed by atoms with Crippen LogP contribution in [0.2, 0.25) is 0 Å². The number of hydrogen-bond acceptors (Lipinski definition) is 5. The minimum Gasteiger partial charge on any atom is -0.481 e. The zero-order valence-electron chi connectivity index (χ0n) is 13.5. The SMILES string of the molecule is O=C(O)CCCN1C(=O)S/C(=C\c2ccc(-c3ccc(Br)cc3)o2)C1=O. The van der Waals surface area contributed by atoms with E-state index in [9.17, 15) is 14.4 Å². The number of furan rings is 1. The van der Waals surface area contributed by atoms with Gasteiger partial charge in [-0.3, -0.25) is 19.3 Å². The van der Waals surface area contributed by atoms with Gasteiger partial charge in [-0.05, 0) is 42.4 Å². The number of rotatable bonds is 6. The van der Waals surface area contributed by atoms with Gasteiger partial charge in [-0.2, -0.15) is 0 Å². The van der Waals surface area contributed by atoms with Crippen molar-refractivity contribution >= 4 is 50.9 Å². The van der Waals surface area contributed by atoms with Crippen LogP contribution in [0.4, 0.5) is 4.79 Å². The van der Waals surface area contributed by atoms with Crippen molar-refractivity contribution in [1.29, 1.82) is 0 Å². The summed E-state index contributed by atoms with van der Waals surface area (Å²) in [5.74, 6) is -0.251. The number of benzene rings is 1. The highest BCUT2D eigenvalue weighted by molar-refractivity contribution is 9.10. The third kappa shape index (κ3) is 4.25. The fraction of sp³-hybridized carbons (Fsp3) is 0.167. The fourth-order valence-electron chi connectivity index (χ4n) is 2.41. The number of carbonyl (C=O) groups is 3. The molecule has 0 atom stereocenters. The first-order valence-electron chi connectivity index (χ1n) is 7.77. The van der Waals surface area contributed by atoms with E-state index in [0.29, 0.717) is 11.5 Å². The molecule has 6 nitrogen and oxygen atoms in total. The summed E-state index contributed by atoms with van der Waals surface area (Å²) < 4.78 is 6.70. The average Bonchev–Trinajstić information content (AvgIpc) is 3.15. The molecule has 1 fully saturated rings. The molecular weight excluding hydrogens is 422 g/mol. The van der Waals surface area contributed by atoms with Crippen LogP contribution in [0.1, 0.15) is 18.6 Å². The number of amides is 2. The van der Waals surface area contributed by atoms with Crippen LogP contribution in [0.25, 0.3) is 17.4 Å². The minimum atomic E-state index is -0.955. The Morgan fingerprint density at radius 2 is 1.92 bits per heavy atom. The minimum absolute atomic E-state index is 0.0878. The van der Waals surface area contributed by atoms with Crippen LogP contribution >= 0.6 is 27.7 Å². The Balaban J connectivity index is 1.72. The van der Waals surface area contributed by atoms with Crippen LogP contribution in [-0.2, 0) is 9.59 Å². The summed E-state index contributed by atoms with van der Waals surface area (Å²) in [7, 11) is 0. The molecule has 1 aliphatic heterocycles. The second-order valence-corrected chi connectivity index (χ2v) is 7.45. The van der Waals surface area contributed by atoms with Crippen molar-refractivity contribution in [2.45, 2.75) is 12.8 Å². The van der Waals surface area contributed by atoms with E-state index < -0.39 is 17.1 Å². The molecule has 1 aromatic heterocycles. The molecule has 134 valence electrons. The number of hydrogen-bond donors (Lipinski definition) is 1. The number of imide groups is 1. The predicted molar refractivity (Wildman–Crippen MR) is 101 cm³/mol. The number of carboxylic acids is 1. The maximum Gasteiger partial charge on any atom is 0.303 e. The van der Waals surface area contributed by atoms with Crippen LogP contribution in [0.3, 0.4) is 0 Å². The standard InChI is InChI=1S/C18H14BrNO5S/c19-12-5-3-11(4-6-12)14-8-7-13(25-14)10-15-17(23)20(18(24)26-15)9-1-2-16(21)22/h3-8,10H,1-2,9H2,(H,21,22)/b15-10-. The first-order valence-corrected chi connectivity index (χ1v) is 9.38. The van der Waals surface area contributed by atoms with Gasteiger partial charge in [-0.25, -0.2) is 0 Å². The van der Waals surface area contributed by atoms with E-state index in [-0.39, 0.29) is 24.3 Å². The molecule has 1 N–H and O–H groups in total. The van der Waals surface area contributed by atoms with Gasteiger partial charge in [0.15, 0.2) is 0 Å². The molecule has 0 radical (unpaired) electrons. The van der Waals surface area contributed by atoms with Crippen LogP contribution < -0.4 is 0 Å². The number of thioether (sulfide) groups is 1. The van der Waals surface area contributed by atoms with E-state index in [0.717, 1.165) is 26.7 Å². The number of carboxylic acid groups (broad SMARTS) is 1. The highest BCUT2D eigenvalue weighted by Crippen LogP contribution is 2.33. The van der Waals surface area contributed by atoms with E-state index in [1.54, 1.807) is 12.1 Å². The zero-order chi connectivity index (χ0) is 18.7. The maximum atomic E-state index is 12.3. The molecule has 0 saturated carbocycles. The molecule has 3 rings (SSSR count). The summed E-state index contributed by atoms with van der Waals surface area (Å²) in [5.41, 5.74) is 0.898. The lowest BCUT2D eigenvalue weighted by molar-refractivity contribution is -0.137. The van der Waals surface area contributed by atoms with Gasteiger partial charge in [0.05, 0.1) is 4.91 Å².